The Balaban J connectivity index is 2.84. The molecule has 1 atom stereocenters. The molecule has 0 aliphatic carbocycles. The minimum absolute atomic E-state index is 0.0766. The quantitative estimate of drug-likeness (QED) is 0.304. The fourth-order valence-corrected chi connectivity index (χ4v) is 1.72. The molecular formula is C13H21N3O3. The Morgan fingerprint density at radius 2 is 1.89 bits per heavy atom. The number of amidine groups is 1. The maximum Gasteiger partial charge on any atom is 0.141 e. The summed E-state index contributed by atoms with van der Waals surface area (Å²) in [7, 11) is 3.21. The monoisotopic (exact) mass is 267 g/mol. The van der Waals surface area contributed by atoms with E-state index in [0.717, 1.165) is 12.1 Å². The summed E-state index contributed by atoms with van der Waals surface area (Å²) < 4.78 is 10.4. The second kappa shape index (κ2) is 7.35. The van der Waals surface area contributed by atoms with Crippen LogP contribution in [0.5, 0.6) is 11.5 Å². The molecule has 0 saturated heterocycles. The van der Waals surface area contributed by atoms with E-state index in [-0.39, 0.29) is 11.9 Å². The molecule has 0 bridgehead atoms. The number of anilines is 1. The molecular weight excluding hydrogens is 246 g/mol. The van der Waals surface area contributed by atoms with E-state index >= 15 is 0 Å². The third-order valence-corrected chi connectivity index (χ3v) is 2.80. The van der Waals surface area contributed by atoms with Gasteiger partial charge in [0.15, 0.2) is 0 Å². The number of nitrogens with two attached hydrogens (primary N) is 1. The van der Waals surface area contributed by atoms with Crippen molar-refractivity contribution in [2.75, 3.05) is 19.5 Å². The Morgan fingerprint density at radius 3 is 2.32 bits per heavy atom. The Kier molecular flexibility index (Phi) is 5.78. The van der Waals surface area contributed by atoms with Crippen LogP contribution < -0.4 is 20.5 Å². The molecule has 0 aliphatic rings. The first kappa shape index (κ1) is 14.9. The Morgan fingerprint density at radius 1 is 1.32 bits per heavy atom. The highest BCUT2D eigenvalue weighted by molar-refractivity contribution is 5.80. The van der Waals surface area contributed by atoms with Crippen molar-refractivity contribution in [2.45, 2.75) is 25.8 Å². The zero-order valence-electron chi connectivity index (χ0n) is 11.5. The Labute approximate surface area is 113 Å². The van der Waals surface area contributed by atoms with Crippen LogP contribution in [-0.4, -0.2) is 31.3 Å². The number of rotatable bonds is 7. The molecule has 0 aromatic heterocycles. The highest BCUT2D eigenvalue weighted by Crippen LogP contribution is 2.26. The lowest BCUT2D eigenvalue weighted by molar-refractivity contribution is 0.316. The van der Waals surface area contributed by atoms with Gasteiger partial charge in [-0.15, -0.1) is 0 Å². The van der Waals surface area contributed by atoms with E-state index in [1.807, 2.05) is 19.1 Å². The van der Waals surface area contributed by atoms with Gasteiger partial charge in [0.1, 0.15) is 17.3 Å². The molecule has 0 spiro atoms. The predicted molar refractivity (Wildman–Crippen MR) is 75.3 cm³/mol. The SMILES string of the molecule is CCC(CC(N)=NO)Nc1cc(OC)cc(OC)c1. The van der Waals surface area contributed by atoms with Crippen LogP contribution in [0.1, 0.15) is 19.8 Å². The summed E-state index contributed by atoms with van der Waals surface area (Å²) in [5.74, 6) is 1.62. The molecule has 19 heavy (non-hydrogen) atoms. The first-order valence-electron chi connectivity index (χ1n) is 6.08. The molecule has 0 aliphatic heterocycles. The topological polar surface area (TPSA) is 89.1 Å². The van der Waals surface area contributed by atoms with Crippen LogP contribution in [0, 0.1) is 0 Å². The van der Waals surface area contributed by atoms with Crippen molar-refractivity contribution in [3.63, 3.8) is 0 Å². The third-order valence-electron chi connectivity index (χ3n) is 2.80. The highest BCUT2D eigenvalue weighted by atomic mass is 16.5. The summed E-state index contributed by atoms with van der Waals surface area (Å²) in [6.45, 7) is 2.03. The molecule has 0 amide bonds. The zero-order chi connectivity index (χ0) is 14.3. The van der Waals surface area contributed by atoms with Gasteiger partial charge in [0.05, 0.1) is 14.2 Å². The second-order valence-corrected chi connectivity index (χ2v) is 4.15. The van der Waals surface area contributed by atoms with E-state index in [9.17, 15) is 0 Å². The van der Waals surface area contributed by atoms with Gasteiger partial charge in [-0.1, -0.05) is 12.1 Å². The number of methoxy groups -OCH3 is 2. The summed E-state index contributed by atoms with van der Waals surface area (Å²) in [6.07, 6.45) is 1.31. The number of nitrogens with one attached hydrogen (secondary N) is 1. The van der Waals surface area contributed by atoms with E-state index in [4.69, 9.17) is 20.4 Å². The van der Waals surface area contributed by atoms with Gasteiger partial charge in [-0.2, -0.15) is 0 Å². The molecule has 1 aromatic rings. The van der Waals surface area contributed by atoms with Crippen molar-refractivity contribution in [3.05, 3.63) is 18.2 Å². The van der Waals surface area contributed by atoms with Crippen LogP contribution in [0.25, 0.3) is 0 Å². The van der Waals surface area contributed by atoms with Crippen LogP contribution in [0.2, 0.25) is 0 Å². The maximum atomic E-state index is 8.60. The molecule has 1 unspecified atom stereocenters. The fourth-order valence-electron chi connectivity index (χ4n) is 1.72. The van der Waals surface area contributed by atoms with Crippen molar-refractivity contribution in [1.82, 2.24) is 0 Å². The largest absolute Gasteiger partial charge is 0.497 e. The molecule has 0 heterocycles. The molecule has 1 rings (SSSR count). The number of ether oxygens (including phenoxy) is 2. The number of hydrogen-bond acceptors (Lipinski definition) is 5. The van der Waals surface area contributed by atoms with Gasteiger partial charge >= 0.3 is 0 Å². The summed E-state index contributed by atoms with van der Waals surface area (Å²) in [4.78, 5) is 0. The summed E-state index contributed by atoms with van der Waals surface area (Å²) in [6, 6.07) is 5.62. The lowest BCUT2D eigenvalue weighted by Gasteiger charge is -2.18. The molecule has 106 valence electrons. The van der Waals surface area contributed by atoms with Crippen LogP contribution >= 0.6 is 0 Å². The van der Waals surface area contributed by atoms with Crippen LogP contribution in [-0.2, 0) is 0 Å². The lowest BCUT2D eigenvalue weighted by Crippen LogP contribution is -2.26. The minimum atomic E-state index is 0.0766. The number of hydrogen-bond donors (Lipinski definition) is 3. The first-order valence-corrected chi connectivity index (χ1v) is 6.08. The van der Waals surface area contributed by atoms with E-state index in [1.54, 1.807) is 20.3 Å². The standard InChI is InChI=1S/C13H21N3O3/c1-4-9(7-13(14)16-17)15-10-5-11(18-2)8-12(6-10)19-3/h5-6,8-9,15,17H,4,7H2,1-3H3,(H2,14,16). The highest BCUT2D eigenvalue weighted by Gasteiger charge is 2.10. The van der Waals surface area contributed by atoms with E-state index in [2.05, 4.69) is 10.5 Å². The van der Waals surface area contributed by atoms with Gasteiger partial charge in [0, 0.05) is 36.3 Å². The predicted octanol–water partition coefficient (Wildman–Crippen LogP) is 2.03. The third kappa shape index (κ3) is 4.57. The Bertz CT molecular complexity index is 413. The van der Waals surface area contributed by atoms with Crippen molar-refractivity contribution < 1.29 is 14.7 Å². The Hall–Kier alpha value is -2.11. The van der Waals surface area contributed by atoms with Crippen molar-refractivity contribution >= 4 is 11.5 Å². The molecule has 0 fully saturated rings. The zero-order valence-corrected chi connectivity index (χ0v) is 11.5. The maximum absolute atomic E-state index is 8.60. The van der Waals surface area contributed by atoms with Crippen molar-refractivity contribution in [2.24, 2.45) is 10.9 Å². The molecule has 6 nitrogen and oxygen atoms in total. The van der Waals surface area contributed by atoms with Crippen LogP contribution in [0.15, 0.2) is 23.4 Å². The number of benzene rings is 1. The van der Waals surface area contributed by atoms with Gasteiger partial charge in [-0.05, 0) is 6.42 Å². The normalized spacial score (nSPS) is 12.9. The summed E-state index contributed by atoms with van der Waals surface area (Å²) in [5.41, 5.74) is 6.40. The van der Waals surface area contributed by atoms with Crippen LogP contribution in [0.4, 0.5) is 5.69 Å². The van der Waals surface area contributed by atoms with E-state index in [1.165, 1.54) is 0 Å². The van der Waals surface area contributed by atoms with Gasteiger partial charge < -0.3 is 25.7 Å². The van der Waals surface area contributed by atoms with Gasteiger partial charge in [-0.25, -0.2) is 0 Å². The van der Waals surface area contributed by atoms with Crippen LogP contribution in [0.3, 0.4) is 0 Å². The first-order chi connectivity index (χ1) is 9.12. The molecule has 1 aromatic carbocycles. The van der Waals surface area contributed by atoms with Crippen molar-refractivity contribution in [3.8, 4) is 11.5 Å². The lowest BCUT2D eigenvalue weighted by atomic mass is 10.1. The van der Waals surface area contributed by atoms with Gasteiger partial charge in [0.25, 0.3) is 0 Å². The van der Waals surface area contributed by atoms with Gasteiger partial charge in [-0.3, -0.25) is 0 Å². The number of nitrogens with zero attached hydrogens (tertiary/aromatic N) is 1. The van der Waals surface area contributed by atoms with E-state index in [0.29, 0.717) is 17.9 Å². The average molecular weight is 267 g/mol. The molecule has 6 heteroatoms. The fraction of sp³-hybridized carbons (Fsp3) is 0.462. The minimum Gasteiger partial charge on any atom is -0.497 e. The summed E-state index contributed by atoms with van der Waals surface area (Å²) >= 11 is 0. The molecule has 4 N–H and O–H groups in total. The van der Waals surface area contributed by atoms with E-state index < -0.39 is 0 Å². The molecule has 0 radical (unpaired) electrons. The molecule has 0 saturated carbocycles. The van der Waals surface area contributed by atoms with Crippen molar-refractivity contribution in [1.29, 1.82) is 0 Å². The van der Waals surface area contributed by atoms with Gasteiger partial charge in [0.2, 0.25) is 0 Å². The smallest absolute Gasteiger partial charge is 0.141 e. The summed E-state index contributed by atoms with van der Waals surface area (Å²) in [5, 5.41) is 14.9. The average Bonchev–Trinajstić information content (AvgIpc) is 2.45. The number of oxime groups is 1. The second-order valence-electron chi connectivity index (χ2n) is 4.15.